The van der Waals surface area contributed by atoms with Crippen molar-refractivity contribution in [1.82, 2.24) is 14.8 Å². The maximum absolute atomic E-state index is 13.1. The molecule has 2 amide bonds. The summed E-state index contributed by atoms with van der Waals surface area (Å²) < 4.78 is 20.0. The van der Waals surface area contributed by atoms with Crippen molar-refractivity contribution in [2.75, 3.05) is 17.2 Å². The van der Waals surface area contributed by atoms with Crippen LogP contribution in [0.5, 0.6) is 5.75 Å². The number of hydrogen-bond donors (Lipinski definition) is 2. The fourth-order valence-corrected chi connectivity index (χ4v) is 2.62. The van der Waals surface area contributed by atoms with E-state index >= 15 is 0 Å². The molecular formula is C21H22FN5O3. The molecule has 1 aromatic heterocycles. The molecule has 0 spiro atoms. The number of amides is 2. The summed E-state index contributed by atoms with van der Waals surface area (Å²) in [4.78, 5) is 28.1. The van der Waals surface area contributed by atoms with E-state index in [2.05, 4.69) is 20.7 Å². The van der Waals surface area contributed by atoms with Crippen LogP contribution in [0.3, 0.4) is 0 Å². The van der Waals surface area contributed by atoms with E-state index in [0.29, 0.717) is 30.2 Å². The van der Waals surface area contributed by atoms with Gasteiger partial charge >= 0.3 is 0 Å². The molecule has 156 valence electrons. The minimum absolute atomic E-state index is 0.158. The van der Waals surface area contributed by atoms with E-state index in [1.807, 2.05) is 0 Å². The molecule has 30 heavy (non-hydrogen) atoms. The van der Waals surface area contributed by atoms with Crippen molar-refractivity contribution in [3.05, 3.63) is 67.0 Å². The standard InChI is InChI=1S/C21H22FN5O3/c1-15(27-14-23-13-24-27)21(29)26-18-9-7-17(8-10-18)25-20(28)6-3-11-30-19-5-2-4-16(22)12-19/h2,4-5,7-10,12-15H,3,6,11H2,1H3,(H,25,28)(H,26,29). The third-order valence-corrected chi connectivity index (χ3v) is 4.26. The van der Waals surface area contributed by atoms with Gasteiger partial charge in [0.2, 0.25) is 11.8 Å². The lowest BCUT2D eigenvalue weighted by Crippen LogP contribution is -2.24. The molecule has 0 saturated heterocycles. The number of aromatic nitrogens is 3. The maximum atomic E-state index is 13.1. The molecule has 3 aromatic rings. The first kappa shape index (κ1) is 21.0. The van der Waals surface area contributed by atoms with Crippen molar-refractivity contribution >= 4 is 23.2 Å². The molecular weight excluding hydrogens is 389 g/mol. The molecule has 0 aliphatic carbocycles. The zero-order chi connectivity index (χ0) is 21.3. The van der Waals surface area contributed by atoms with E-state index in [4.69, 9.17) is 4.74 Å². The Morgan fingerprint density at radius 1 is 1.13 bits per heavy atom. The summed E-state index contributed by atoms with van der Waals surface area (Å²) in [7, 11) is 0. The molecule has 0 radical (unpaired) electrons. The van der Waals surface area contributed by atoms with Gasteiger partial charge in [-0.15, -0.1) is 0 Å². The zero-order valence-corrected chi connectivity index (χ0v) is 16.4. The van der Waals surface area contributed by atoms with Crippen LogP contribution >= 0.6 is 0 Å². The van der Waals surface area contributed by atoms with Crippen LogP contribution < -0.4 is 15.4 Å². The molecule has 0 saturated carbocycles. The van der Waals surface area contributed by atoms with Crippen LogP contribution in [0, 0.1) is 5.82 Å². The maximum Gasteiger partial charge on any atom is 0.249 e. The summed E-state index contributed by atoms with van der Waals surface area (Å²) in [6, 6.07) is 12.2. The number of rotatable bonds is 9. The number of benzene rings is 2. The summed E-state index contributed by atoms with van der Waals surface area (Å²) >= 11 is 0. The third-order valence-electron chi connectivity index (χ3n) is 4.26. The Balaban J connectivity index is 1.40. The highest BCUT2D eigenvalue weighted by molar-refractivity contribution is 5.94. The Morgan fingerprint density at radius 2 is 1.87 bits per heavy atom. The van der Waals surface area contributed by atoms with E-state index in [1.54, 1.807) is 43.3 Å². The second-order valence-corrected chi connectivity index (χ2v) is 6.58. The number of nitrogens with one attached hydrogen (secondary N) is 2. The highest BCUT2D eigenvalue weighted by Crippen LogP contribution is 2.16. The van der Waals surface area contributed by atoms with Gasteiger partial charge in [0.25, 0.3) is 0 Å². The van der Waals surface area contributed by atoms with Crippen molar-refractivity contribution in [3.8, 4) is 5.75 Å². The van der Waals surface area contributed by atoms with Crippen LogP contribution in [0.4, 0.5) is 15.8 Å². The first-order chi connectivity index (χ1) is 14.5. The first-order valence-corrected chi connectivity index (χ1v) is 9.44. The number of carbonyl (C=O) groups excluding carboxylic acids is 2. The predicted molar refractivity (Wildman–Crippen MR) is 110 cm³/mol. The average molecular weight is 411 g/mol. The molecule has 0 bridgehead atoms. The Labute approximate surface area is 173 Å². The monoisotopic (exact) mass is 411 g/mol. The fraction of sp³-hybridized carbons (Fsp3) is 0.238. The minimum Gasteiger partial charge on any atom is -0.493 e. The van der Waals surface area contributed by atoms with E-state index in [9.17, 15) is 14.0 Å². The van der Waals surface area contributed by atoms with Crippen LogP contribution in [0.1, 0.15) is 25.8 Å². The van der Waals surface area contributed by atoms with Gasteiger partial charge in [-0.1, -0.05) is 6.07 Å². The molecule has 1 unspecified atom stereocenters. The van der Waals surface area contributed by atoms with Gasteiger partial charge in [-0.05, 0) is 49.7 Å². The summed E-state index contributed by atoms with van der Waals surface area (Å²) in [6.07, 6.45) is 3.61. The summed E-state index contributed by atoms with van der Waals surface area (Å²) in [5.41, 5.74) is 1.22. The summed E-state index contributed by atoms with van der Waals surface area (Å²) in [6.45, 7) is 2.03. The van der Waals surface area contributed by atoms with Gasteiger partial charge in [-0.3, -0.25) is 9.59 Å². The number of anilines is 2. The van der Waals surface area contributed by atoms with Crippen molar-refractivity contribution in [2.24, 2.45) is 0 Å². The summed E-state index contributed by atoms with van der Waals surface area (Å²) in [5.74, 6) is -0.311. The lowest BCUT2D eigenvalue weighted by molar-refractivity contribution is -0.119. The van der Waals surface area contributed by atoms with Crippen LogP contribution in [0.15, 0.2) is 61.2 Å². The van der Waals surface area contributed by atoms with Gasteiger partial charge < -0.3 is 15.4 Å². The van der Waals surface area contributed by atoms with E-state index in [1.165, 1.54) is 29.5 Å². The topological polar surface area (TPSA) is 98.1 Å². The van der Waals surface area contributed by atoms with E-state index < -0.39 is 6.04 Å². The number of halogens is 1. The highest BCUT2D eigenvalue weighted by atomic mass is 19.1. The Kier molecular flexibility index (Phi) is 7.09. The Hall–Kier alpha value is -3.75. The number of carbonyl (C=O) groups is 2. The van der Waals surface area contributed by atoms with Crippen LogP contribution in [0.2, 0.25) is 0 Å². The first-order valence-electron chi connectivity index (χ1n) is 9.44. The van der Waals surface area contributed by atoms with Crippen LogP contribution in [0.25, 0.3) is 0 Å². The van der Waals surface area contributed by atoms with E-state index in [0.717, 1.165) is 0 Å². The van der Waals surface area contributed by atoms with Gasteiger partial charge in [-0.2, -0.15) is 5.10 Å². The third kappa shape index (κ3) is 6.13. The van der Waals surface area contributed by atoms with Crippen LogP contribution in [-0.4, -0.2) is 33.2 Å². The van der Waals surface area contributed by atoms with Crippen molar-refractivity contribution < 1.29 is 18.7 Å². The van der Waals surface area contributed by atoms with Gasteiger partial charge in [-0.25, -0.2) is 14.1 Å². The second kappa shape index (κ2) is 10.1. The molecule has 0 aliphatic heterocycles. The molecule has 1 atom stereocenters. The molecule has 9 heteroatoms. The predicted octanol–water partition coefficient (Wildman–Crippen LogP) is 3.41. The van der Waals surface area contributed by atoms with Crippen molar-refractivity contribution in [2.45, 2.75) is 25.8 Å². The highest BCUT2D eigenvalue weighted by Gasteiger charge is 2.15. The van der Waals surface area contributed by atoms with Crippen LogP contribution in [-0.2, 0) is 9.59 Å². The molecule has 0 aliphatic rings. The number of ether oxygens (including phenoxy) is 1. The fourth-order valence-electron chi connectivity index (χ4n) is 2.62. The van der Waals surface area contributed by atoms with Gasteiger partial charge in [0.1, 0.15) is 30.3 Å². The normalized spacial score (nSPS) is 11.5. The van der Waals surface area contributed by atoms with Crippen molar-refractivity contribution in [1.29, 1.82) is 0 Å². The summed E-state index contributed by atoms with van der Waals surface area (Å²) in [5, 5.41) is 9.52. The quantitative estimate of drug-likeness (QED) is 0.526. The van der Waals surface area contributed by atoms with Crippen molar-refractivity contribution in [3.63, 3.8) is 0 Å². The number of hydrogen-bond acceptors (Lipinski definition) is 5. The molecule has 0 fully saturated rings. The molecule has 1 heterocycles. The number of nitrogens with zero attached hydrogens (tertiary/aromatic N) is 3. The Bertz CT molecular complexity index is 977. The van der Waals surface area contributed by atoms with E-state index in [-0.39, 0.29) is 24.1 Å². The second-order valence-electron chi connectivity index (χ2n) is 6.58. The van der Waals surface area contributed by atoms with Gasteiger partial charge in [0.05, 0.1) is 6.61 Å². The molecule has 2 aromatic carbocycles. The molecule has 8 nitrogen and oxygen atoms in total. The lowest BCUT2D eigenvalue weighted by Gasteiger charge is -2.12. The minimum atomic E-state index is -0.499. The lowest BCUT2D eigenvalue weighted by atomic mass is 10.2. The van der Waals surface area contributed by atoms with Gasteiger partial charge in [0, 0.05) is 23.9 Å². The SMILES string of the molecule is CC(C(=O)Nc1ccc(NC(=O)CCCOc2cccc(F)c2)cc1)n1cncn1. The molecule has 2 N–H and O–H groups in total. The average Bonchev–Trinajstić information content (AvgIpc) is 3.27. The largest absolute Gasteiger partial charge is 0.493 e. The Morgan fingerprint density at radius 3 is 2.53 bits per heavy atom. The molecule has 3 rings (SSSR count). The zero-order valence-electron chi connectivity index (χ0n) is 16.4. The smallest absolute Gasteiger partial charge is 0.249 e. The van der Waals surface area contributed by atoms with Gasteiger partial charge in [0.15, 0.2) is 0 Å².